The molecule has 2 aromatic carbocycles. The third-order valence-corrected chi connectivity index (χ3v) is 7.64. The second-order valence-electron chi connectivity index (χ2n) is 9.91. The molecule has 0 spiro atoms. The number of benzene rings is 2. The van der Waals surface area contributed by atoms with E-state index in [9.17, 15) is 4.79 Å². The van der Waals surface area contributed by atoms with Crippen LogP contribution in [0.5, 0.6) is 0 Å². The van der Waals surface area contributed by atoms with Crippen molar-refractivity contribution in [1.82, 2.24) is 4.90 Å². The Bertz CT molecular complexity index is 1010. The Morgan fingerprint density at radius 2 is 1.76 bits per heavy atom. The first-order valence-corrected chi connectivity index (χ1v) is 12.7. The number of hydrogen-bond donors (Lipinski definition) is 2. The first-order valence-electron chi connectivity index (χ1n) is 12.7. The number of anilines is 1. The van der Waals surface area contributed by atoms with Crippen LogP contribution in [0.2, 0.25) is 0 Å². The van der Waals surface area contributed by atoms with E-state index in [0.717, 1.165) is 37.2 Å². The summed E-state index contributed by atoms with van der Waals surface area (Å²) in [4.78, 5) is 18.3. The Morgan fingerprint density at radius 3 is 2.53 bits per heavy atom. The molecule has 0 saturated carbocycles. The van der Waals surface area contributed by atoms with Gasteiger partial charge in [0.25, 0.3) is 0 Å². The molecule has 2 aromatic rings. The largest absolute Gasteiger partial charge is 0.409 e. The van der Waals surface area contributed by atoms with Crippen LogP contribution in [-0.2, 0) is 11.2 Å². The highest BCUT2D eigenvalue weighted by atomic mass is 16.4. The van der Waals surface area contributed by atoms with Gasteiger partial charge >= 0.3 is 0 Å². The maximum Gasteiger partial charge on any atom is 0.234 e. The number of nitrogens with two attached hydrogens (primary N) is 1. The number of rotatable bonds is 8. The van der Waals surface area contributed by atoms with Gasteiger partial charge in [-0.2, -0.15) is 0 Å². The standard InChI is InChI=1S/C28H38N4O2/c1-20-10-8-11-21(2)31(20)16-6-3-7-17-32-26-15-5-4-12-23(26)19-25(28(32)33)22-13-9-14-24(18-22)27(29)30-34/h4-5,9,12-15,18,20-21,25,34H,3,6-8,10-11,16-17,19H2,1-2H3,(H2,29,30). The van der Waals surface area contributed by atoms with Crippen LogP contribution in [0, 0.1) is 0 Å². The highest BCUT2D eigenvalue weighted by molar-refractivity contribution is 6.02. The SMILES string of the molecule is CC1CCCC(C)N1CCCCCN1C(=O)C(c2cccc(C(N)=NO)c2)Cc2ccccc21. The maximum atomic E-state index is 13.6. The Hall–Kier alpha value is -2.86. The first-order chi connectivity index (χ1) is 16.5. The van der Waals surface area contributed by atoms with E-state index in [0.29, 0.717) is 24.1 Å². The van der Waals surface area contributed by atoms with E-state index in [4.69, 9.17) is 10.9 Å². The summed E-state index contributed by atoms with van der Waals surface area (Å²) in [7, 11) is 0. The predicted molar refractivity (Wildman–Crippen MR) is 138 cm³/mol. The molecular formula is C28H38N4O2. The van der Waals surface area contributed by atoms with Crippen molar-refractivity contribution in [1.29, 1.82) is 0 Å². The van der Waals surface area contributed by atoms with Gasteiger partial charge in [0.2, 0.25) is 5.91 Å². The number of nitrogens with zero attached hydrogens (tertiary/aromatic N) is 3. The lowest BCUT2D eigenvalue weighted by atomic mass is 9.85. The molecule has 0 aliphatic carbocycles. The molecule has 2 aliphatic rings. The normalized spacial score (nSPS) is 23.7. The van der Waals surface area contributed by atoms with E-state index in [1.807, 2.05) is 35.2 Å². The minimum atomic E-state index is -0.267. The average molecular weight is 463 g/mol. The fourth-order valence-electron chi connectivity index (χ4n) is 5.68. The summed E-state index contributed by atoms with van der Waals surface area (Å²) < 4.78 is 0. The van der Waals surface area contributed by atoms with Crippen molar-refractivity contribution in [2.45, 2.75) is 76.8 Å². The number of fused-ring (bicyclic) bond motifs is 1. The van der Waals surface area contributed by atoms with Crippen molar-refractivity contribution >= 4 is 17.4 Å². The number of unbranched alkanes of at least 4 members (excludes halogenated alkanes) is 2. The number of amidine groups is 1. The minimum absolute atomic E-state index is 0.0553. The fourth-order valence-corrected chi connectivity index (χ4v) is 5.68. The first kappa shape index (κ1) is 24.3. The quantitative estimate of drug-likeness (QED) is 0.192. The molecule has 6 heteroatoms. The number of likely N-dealkylation sites (tertiary alicyclic amines) is 1. The molecule has 3 unspecified atom stereocenters. The lowest BCUT2D eigenvalue weighted by Crippen LogP contribution is -2.44. The Balaban J connectivity index is 1.43. The molecule has 3 N–H and O–H groups in total. The summed E-state index contributed by atoms with van der Waals surface area (Å²) >= 11 is 0. The molecule has 3 atom stereocenters. The van der Waals surface area contributed by atoms with Gasteiger partial charge in [0.1, 0.15) is 0 Å². The van der Waals surface area contributed by atoms with Gasteiger partial charge in [-0.25, -0.2) is 0 Å². The van der Waals surface area contributed by atoms with Crippen molar-refractivity contribution in [3.05, 3.63) is 65.2 Å². The average Bonchev–Trinajstić information content (AvgIpc) is 2.85. The van der Waals surface area contributed by atoms with E-state index < -0.39 is 0 Å². The number of oxime groups is 1. The molecular weight excluding hydrogens is 424 g/mol. The third-order valence-electron chi connectivity index (χ3n) is 7.64. The summed E-state index contributed by atoms with van der Waals surface area (Å²) in [6.07, 6.45) is 7.90. The van der Waals surface area contributed by atoms with Gasteiger partial charge in [-0.1, -0.05) is 54.4 Å². The predicted octanol–water partition coefficient (Wildman–Crippen LogP) is 4.89. The molecule has 4 rings (SSSR count). The number of para-hydroxylation sites is 1. The second kappa shape index (κ2) is 11.0. The summed E-state index contributed by atoms with van der Waals surface area (Å²) in [5, 5.41) is 12.2. The minimum Gasteiger partial charge on any atom is -0.409 e. The molecule has 182 valence electrons. The van der Waals surface area contributed by atoms with Crippen LogP contribution in [0.15, 0.2) is 53.7 Å². The van der Waals surface area contributed by atoms with E-state index in [-0.39, 0.29) is 17.7 Å². The van der Waals surface area contributed by atoms with Crippen LogP contribution in [0.4, 0.5) is 5.69 Å². The van der Waals surface area contributed by atoms with Gasteiger partial charge in [0.15, 0.2) is 5.84 Å². The summed E-state index contributed by atoms with van der Waals surface area (Å²) in [5.41, 5.74) is 9.55. The lowest BCUT2D eigenvalue weighted by Gasteiger charge is -2.39. The molecule has 34 heavy (non-hydrogen) atoms. The van der Waals surface area contributed by atoms with Gasteiger partial charge in [0, 0.05) is 29.9 Å². The van der Waals surface area contributed by atoms with Crippen molar-refractivity contribution in [3.63, 3.8) is 0 Å². The highest BCUT2D eigenvalue weighted by Gasteiger charge is 2.33. The number of hydrogen-bond acceptors (Lipinski definition) is 4. The number of amides is 1. The second-order valence-corrected chi connectivity index (χ2v) is 9.91. The van der Waals surface area contributed by atoms with Crippen LogP contribution in [-0.4, -0.2) is 47.0 Å². The van der Waals surface area contributed by atoms with Crippen LogP contribution in [0.1, 0.15) is 75.0 Å². The van der Waals surface area contributed by atoms with E-state index in [1.54, 1.807) is 6.07 Å². The van der Waals surface area contributed by atoms with Crippen molar-refractivity contribution < 1.29 is 10.0 Å². The zero-order valence-corrected chi connectivity index (χ0v) is 20.5. The summed E-state index contributed by atoms with van der Waals surface area (Å²) in [6.45, 7) is 6.59. The Labute approximate surface area is 203 Å². The monoisotopic (exact) mass is 462 g/mol. The van der Waals surface area contributed by atoms with E-state index in [1.165, 1.54) is 31.2 Å². The van der Waals surface area contributed by atoms with Crippen LogP contribution in [0.3, 0.4) is 0 Å². The third kappa shape index (κ3) is 5.27. The molecule has 1 fully saturated rings. The van der Waals surface area contributed by atoms with Crippen molar-refractivity contribution in [3.8, 4) is 0 Å². The smallest absolute Gasteiger partial charge is 0.234 e. The van der Waals surface area contributed by atoms with Gasteiger partial charge in [-0.3, -0.25) is 9.69 Å². The number of piperidine rings is 1. The van der Waals surface area contributed by atoms with Crippen LogP contribution >= 0.6 is 0 Å². The zero-order chi connectivity index (χ0) is 24.1. The Kier molecular flexibility index (Phi) is 7.88. The molecule has 0 aromatic heterocycles. The van der Waals surface area contributed by atoms with E-state index in [2.05, 4.69) is 36.0 Å². The summed E-state index contributed by atoms with van der Waals surface area (Å²) in [6, 6.07) is 17.1. The number of carbonyl (C=O) groups is 1. The van der Waals surface area contributed by atoms with Gasteiger partial charge in [0.05, 0.1) is 5.92 Å². The van der Waals surface area contributed by atoms with Crippen molar-refractivity contribution in [2.24, 2.45) is 10.9 Å². The molecule has 1 amide bonds. The molecule has 0 bridgehead atoms. The van der Waals surface area contributed by atoms with Gasteiger partial charge in [-0.15, -0.1) is 0 Å². The van der Waals surface area contributed by atoms with Crippen LogP contribution < -0.4 is 10.6 Å². The highest BCUT2D eigenvalue weighted by Crippen LogP contribution is 2.36. The fraction of sp³-hybridized carbons (Fsp3) is 0.500. The lowest BCUT2D eigenvalue weighted by molar-refractivity contribution is -0.120. The topological polar surface area (TPSA) is 82.2 Å². The van der Waals surface area contributed by atoms with Crippen LogP contribution in [0.25, 0.3) is 0 Å². The van der Waals surface area contributed by atoms with Gasteiger partial charge < -0.3 is 15.8 Å². The van der Waals surface area contributed by atoms with Gasteiger partial charge in [-0.05, 0) is 75.8 Å². The molecule has 2 aliphatic heterocycles. The number of carbonyl (C=O) groups excluding carboxylic acids is 1. The molecule has 2 heterocycles. The molecule has 6 nitrogen and oxygen atoms in total. The van der Waals surface area contributed by atoms with Crippen molar-refractivity contribution in [2.75, 3.05) is 18.0 Å². The van der Waals surface area contributed by atoms with E-state index >= 15 is 0 Å². The molecule has 0 radical (unpaired) electrons. The maximum absolute atomic E-state index is 13.6. The Morgan fingerprint density at radius 1 is 1.03 bits per heavy atom. The summed E-state index contributed by atoms with van der Waals surface area (Å²) in [5.74, 6) is -0.0790. The molecule has 1 saturated heterocycles. The zero-order valence-electron chi connectivity index (χ0n) is 20.5.